The van der Waals surface area contributed by atoms with Crippen LogP contribution in [0.5, 0.6) is 0 Å². The molecule has 4 aromatic heterocycles. The minimum atomic E-state index is -0.0706. The topological polar surface area (TPSA) is 85.4 Å². The number of nitrogens with zero attached hydrogens (tertiary/aromatic N) is 6. The van der Waals surface area contributed by atoms with Crippen LogP contribution in [0.3, 0.4) is 0 Å². The lowest BCUT2D eigenvalue weighted by Crippen LogP contribution is -2.40. The van der Waals surface area contributed by atoms with Crippen molar-refractivity contribution < 1.29 is 4.79 Å². The summed E-state index contributed by atoms with van der Waals surface area (Å²) in [5.41, 5.74) is 3.54. The molecule has 4 aromatic rings. The average Bonchev–Trinajstić information content (AvgIpc) is 3.16. The first kappa shape index (κ1) is 20.1. The summed E-state index contributed by atoms with van der Waals surface area (Å²) in [5.74, 6) is 0.338. The Bertz CT molecular complexity index is 1320. The molecule has 0 bridgehead atoms. The second-order valence-electron chi connectivity index (χ2n) is 8.22. The average molecular weight is 428 g/mol. The number of amides is 1. The third-order valence-electron chi connectivity index (χ3n) is 6.10. The van der Waals surface area contributed by atoms with Crippen molar-refractivity contribution in [1.82, 2.24) is 28.8 Å². The van der Waals surface area contributed by atoms with Crippen molar-refractivity contribution >= 4 is 11.6 Å². The highest BCUT2D eigenvalue weighted by molar-refractivity contribution is 5.94. The van der Waals surface area contributed by atoms with Crippen LogP contribution in [0, 0.1) is 12.8 Å². The highest BCUT2D eigenvalue weighted by Crippen LogP contribution is 2.22. The number of aromatic nitrogens is 5. The van der Waals surface area contributed by atoms with E-state index in [1.807, 2.05) is 52.8 Å². The van der Waals surface area contributed by atoms with E-state index in [9.17, 15) is 9.59 Å². The highest BCUT2D eigenvalue weighted by Gasteiger charge is 2.27. The number of piperidine rings is 1. The molecular formula is C24H24N6O2. The minimum absolute atomic E-state index is 0.0132. The summed E-state index contributed by atoms with van der Waals surface area (Å²) in [4.78, 5) is 40.7. The molecule has 0 aliphatic carbocycles. The lowest BCUT2D eigenvalue weighted by molar-refractivity contribution is 0.0674. The van der Waals surface area contributed by atoms with E-state index in [0.717, 1.165) is 29.7 Å². The number of imidazole rings is 1. The predicted octanol–water partition coefficient (Wildman–Crippen LogP) is 2.81. The highest BCUT2D eigenvalue weighted by atomic mass is 16.2. The largest absolute Gasteiger partial charge is 0.337 e. The molecule has 5 rings (SSSR count). The van der Waals surface area contributed by atoms with E-state index in [1.54, 1.807) is 29.4 Å². The maximum absolute atomic E-state index is 13.2. The molecule has 1 amide bonds. The molecule has 0 radical (unpaired) electrons. The number of pyridine rings is 2. The van der Waals surface area contributed by atoms with Crippen molar-refractivity contribution in [2.24, 2.45) is 5.92 Å². The maximum Gasteiger partial charge on any atom is 0.272 e. The van der Waals surface area contributed by atoms with Gasteiger partial charge in [-0.15, -0.1) is 0 Å². The quantitative estimate of drug-likeness (QED) is 0.499. The molecule has 0 unspecified atom stereocenters. The van der Waals surface area contributed by atoms with Crippen LogP contribution in [0.25, 0.3) is 16.9 Å². The monoisotopic (exact) mass is 428 g/mol. The molecule has 0 N–H and O–H groups in total. The Morgan fingerprint density at radius 1 is 1.16 bits per heavy atom. The summed E-state index contributed by atoms with van der Waals surface area (Å²) >= 11 is 0. The van der Waals surface area contributed by atoms with Gasteiger partial charge in [0.15, 0.2) is 0 Å². The van der Waals surface area contributed by atoms with Gasteiger partial charge < -0.3 is 4.90 Å². The SMILES string of the molecule is Cc1nc2ccccn2c1C(=O)N1CCC(Cn2cnc(-c3cccnc3)cc2=O)CC1. The van der Waals surface area contributed by atoms with Gasteiger partial charge in [0.25, 0.3) is 11.5 Å². The van der Waals surface area contributed by atoms with Crippen LogP contribution < -0.4 is 5.56 Å². The molecule has 0 saturated carbocycles. The Hall–Kier alpha value is -3.81. The molecule has 0 spiro atoms. The van der Waals surface area contributed by atoms with Gasteiger partial charge >= 0.3 is 0 Å². The molecule has 1 fully saturated rings. The van der Waals surface area contributed by atoms with Gasteiger partial charge in [-0.05, 0) is 49.9 Å². The zero-order valence-electron chi connectivity index (χ0n) is 17.9. The molecule has 8 nitrogen and oxygen atoms in total. The summed E-state index contributed by atoms with van der Waals surface area (Å²) in [5, 5.41) is 0. The Kier molecular flexibility index (Phi) is 5.26. The van der Waals surface area contributed by atoms with Gasteiger partial charge in [0, 0.05) is 49.9 Å². The molecule has 8 heteroatoms. The molecule has 0 aromatic carbocycles. The first-order valence-electron chi connectivity index (χ1n) is 10.8. The van der Waals surface area contributed by atoms with Crippen LogP contribution in [0.2, 0.25) is 0 Å². The maximum atomic E-state index is 13.2. The lowest BCUT2D eigenvalue weighted by atomic mass is 9.96. The third-order valence-corrected chi connectivity index (χ3v) is 6.10. The molecular weight excluding hydrogens is 404 g/mol. The van der Waals surface area contributed by atoms with Crippen LogP contribution in [0.4, 0.5) is 0 Å². The predicted molar refractivity (Wildman–Crippen MR) is 120 cm³/mol. The summed E-state index contributed by atoms with van der Waals surface area (Å²) in [6.07, 6.45) is 8.58. The van der Waals surface area contributed by atoms with Gasteiger partial charge in [-0.2, -0.15) is 0 Å². The summed E-state index contributed by atoms with van der Waals surface area (Å²) in [6, 6.07) is 11.0. The molecule has 1 saturated heterocycles. The number of fused-ring (bicyclic) bond motifs is 1. The zero-order chi connectivity index (χ0) is 22.1. The second-order valence-corrected chi connectivity index (χ2v) is 8.22. The Morgan fingerprint density at radius 3 is 2.75 bits per heavy atom. The van der Waals surface area contributed by atoms with Gasteiger partial charge in [-0.1, -0.05) is 6.07 Å². The van der Waals surface area contributed by atoms with Crippen molar-refractivity contribution in [1.29, 1.82) is 0 Å². The van der Waals surface area contributed by atoms with Crippen molar-refractivity contribution in [2.75, 3.05) is 13.1 Å². The van der Waals surface area contributed by atoms with E-state index in [-0.39, 0.29) is 11.5 Å². The normalized spacial score (nSPS) is 14.7. The van der Waals surface area contributed by atoms with Crippen molar-refractivity contribution in [3.63, 3.8) is 0 Å². The van der Waals surface area contributed by atoms with E-state index in [1.165, 1.54) is 0 Å². The molecule has 32 heavy (non-hydrogen) atoms. The van der Waals surface area contributed by atoms with Crippen molar-refractivity contribution in [3.8, 4) is 11.3 Å². The Labute approximate surface area is 185 Å². The lowest BCUT2D eigenvalue weighted by Gasteiger charge is -2.32. The first-order chi connectivity index (χ1) is 15.6. The van der Waals surface area contributed by atoms with Crippen molar-refractivity contribution in [2.45, 2.75) is 26.3 Å². The smallest absolute Gasteiger partial charge is 0.272 e. The summed E-state index contributed by atoms with van der Waals surface area (Å²) < 4.78 is 3.52. The third kappa shape index (κ3) is 3.79. The molecule has 5 heterocycles. The van der Waals surface area contributed by atoms with Gasteiger partial charge in [-0.3, -0.25) is 23.5 Å². The fourth-order valence-corrected chi connectivity index (χ4v) is 4.35. The van der Waals surface area contributed by atoms with Gasteiger partial charge in [-0.25, -0.2) is 9.97 Å². The number of hydrogen-bond acceptors (Lipinski definition) is 5. The van der Waals surface area contributed by atoms with Crippen LogP contribution >= 0.6 is 0 Å². The zero-order valence-corrected chi connectivity index (χ0v) is 17.9. The van der Waals surface area contributed by atoms with Gasteiger partial charge in [0.2, 0.25) is 0 Å². The summed E-state index contributed by atoms with van der Waals surface area (Å²) in [7, 11) is 0. The first-order valence-corrected chi connectivity index (χ1v) is 10.8. The van der Waals surface area contributed by atoms with E-state index in [2.05, 4.69) is 15.0 Å². The van der Waals surface area contributed by atoms with Gasteiger partial charge in [0.1, 0.15) is 11.3 Å². The Morgan fingerprint density at radius 2 is 2.00 bits per heavy atom. The number of carbonyl (C=O) groups is 1. The molecule has 1 aliphatic heterocycles. The number of likely N-dealkylation sites (tertiary alicyclic amines) is 1. The molecule has 0 atom stereocenters. The number of rotatable bonds is 4. The fraction of sp³-hybridized carbons (Fsp3) is 0.292. The van der Waals surface area contributed by atoms with Crippen LogP contribution in [0.15, 0.2) is 66.1 Å². The van der Waals surface area contributed by atoms with E-state index in [0.29, 0.717) is 36.9 Å². The number of hydrogen-bond donors (Lipinski definition) is 0. The Balaban J connectivity index is 1.25. The van der Waals surface area contributed by atoms with Crippen molar-refractivity contribution in [3.05, 3.63) is 83.1 Å². The minimum Gasteiger partial charge on any atom is -0.337 e. The molecule has 1 aliphatic rings. The van der Waals surface area contributed by atoms with Crippen LogP contribution in [0.1, 0.15) is 29.0 Å². The second kappa shape index (κ2) is 8.37. The standard InChI is InChI=1S/C24H24N6O2/c1-17-23(30-10-3-2-6-21(30)27-17)24(32)28-11-7-18(8-12-28)15-29-16-26-20(13-22(29)31)19-5-4-9-25-14-19/h2-6,9-10,13-14,16,18H,7-8,11-12,15H2,1H3. The molecule has 162 valence electrons. The van der Waals surface area contributed by atoms with E-state index in [4.69, 9.17) is 0 Å². The van der Waals surface area contributed by atoms with E-state index >= 15 is 0 Å². The number of carbonyl (C=O) groups excluding carboxylic acids is 1. The van der Waals surface area contributed by atoms with Crippen LogP contribution in [-0.2, 0) is 6.54 Å². The van der Waals surface area contributed by atoms with E-state index < -0.39 is 0 Å². The fourth-order valence-electron chi connectivity index (χ4n) is 4.35. The summed E-state index contributed by atoms with van der Waals surface area (Å²) in [6.45, 7) is 3.81. The number of aryl methyl sites for hydroxylation is 1. The van der Waals surface area contributed by atoms with Crippen LogP contribution in [-0.4, -0.2) is 47.8 Å². The van der Waals surface area contributed by atoms with Gasteiger partial charge in [0.05, 0.1) is 17.7 Å².